The summed E-state index contributed by atoms with van der Waals surface area (Å²) in [5, 5.41) is 4.58. The molecule has 0 unspecified atom stereocenters. The van der Waals surface area contributed by atoms with Gasteiger partial charge in [0.2, 0.25) is 5.95 Å². The van der Waals surface area contributed by atoms with Gasteiger partial charge in [0.1, 0.15) is 6.54 Å². The predicted molar refractivity (Wildman–Crippen MR) is 92.4 cm³/mol. The molecule has 0 amide bonds. The van der Waals surface area contributed by atoms with Crippen molar-refractivity contribution in [3.05, 3.63) is 74.3 Å². The number of esters is 1. The first-order valence-electron chi connectivity index (χ1n) is 7.52. The van der Waals surface area contributed by atoms with Gasteiger partial charge in [-0.3, -0.25) is 9.36 Å². The number of methoxy groups -OCH3 is 1. The molecule has 0 atom stereocenters. The van der Waals surface area contributed by atoms with Gasteiger partial charge in [-0.05, 0) is 23.8 Å². The average molecular weight is 376 g/mol. The standard InChI is InChI=1S/C16H14ClN5O4/c1-26-13(23)10-21-15(24)19-14(22-8-2-7-18-22)20(16(21)25)9-11-3-5-12(17)6-4-11/h2-8H,9-10H2,1H3. The van der Waals surface area contributed by atoms with Gasteiger partial charge in [-0.25, -0.2) is 18.8 Å². The average Bonchev–Trinajstić information content (AvgIpc) is 3.16. The van der Waals surface area contributed by atoms with Crippen molar-refractivity contribution in [2.75, 3.05) is 7.11 Å². The molecule has 0 saturated heterocycles. The highest BCUT2D eigenvalue weighted by Crippen LogP contribution is 2.11. The molecule has 10 heteroatoms. The highest BCUT2D eigenvalue weighted by atomic mass is 35.5. The number of hydrogen-bond acceptors (Lipinski definition) is 6. The van der Waals surface area contributed by atoms with Gasteiger partial charge in [0.15, 0.2) is 0 Å². The van der Waals surface area contributed by atoms with Crippen LogP contribution in [0.15, 0.2) is 52.3 Å². The molecule has 0 fully saturated rings. The van der Waals surface area contributed by atoms with E-state index >= 15 is 0 Å². The number of carbonyl (C=O) groups is 1. The Hall–Kier alpha value is -3.20. The number of aromatic nitrogens is 5. The first kappa shape index (κ1) is 17.6. The van der Waals surface area contributed by atoms with Crippen LogP contribution in [-0.4, -0.2) is 37.0 Å². The lowest BCUT2D eigenvalue weighted by Gasteiger charge is -2.14. The van der Waals surface area contributed by atoms with E-state index in [9.17, 15) is 14.4 Å². The highest BCUT2D eigenvalue weighted by Gasteiger charge is 2.17. The zero-order valence-corrected chi connectivity index (χ0v) is 14.5. The summed E-state index contributed by atoms with van der Waals surface area (Å²) in [4.78, 5) is 40.5. The van der Waals surface area contributed by atoms with Crippen LogP contribution in [0.1, 0.15) is 5.56 Å². The van der Waals surface area contributed by atoms with Gasteiger partial charge in [0, 0.05) is 17.4 Å². The van der Waals surface area contributed by atoms with Gasteiger partial charge in [0.05, 0.1) is 13.7 Å². The normalized spacial score (nSPS) is 10.7. The maximum absolute atomic E-state index is 12.8. The Labute approximate surface area is 152 Å². The van der Waals surface area contributed by atoms with Crippen molar-refractivity contribution >= 4 is 17.6 Å². The Kier molecular flexibility index (Phi) is 4.99. The Morgan fingerprint density at radius 2 is 1.92 bits per heavy atom. The van der Waals surface area contributed by atoms with Crippen LogP contribution < -0.4 is 11.4 Å². The van der Waals surface area contributed by atoms with Crippen molar-refractivity contribution in [1.29, 1.82) is 0 Å². The van der Waals surface area contributed by atoms with Gasteiger partial charge < -0.3 is 4.74 Å². The molecule has 0 spiro atoms. The third-order valence-electron chi connectivity index (χ3n) is 3.61. The summed E-state index contributed by atoms with van der Waals surface area (Å²) in [6.07, 6.45) is 3.06. The van der Waals surface area contributed by atoms with Crippen LogP contribution in [0.4, 0.5) is 0 Å². The first-order valence-corrected chi connectivity index (χ1v) is 7.90. The number of carbonyl (C=O) groups excluding carboxylic acids is 1. The molecule has 9 nitrogen and oxygen atoms in total. The van der Waals surface area contributed by atoms with Crippen LogP contribution in [0.3, 0.4) is 0 Å². The molecule has 26 heavy (non-hydrogen) atoms. The minimum Gasteiger partial charge on any atom is -0.468 e. The number of rotatable bonds is 5. The molecule has 2 aromatic heterocycles. The van der Waals surface area contributed by atoms with E-state index in [0.717, 1.165) is 10.1 Å². The van der Waals surface area contributed by atoms with Crippen molar-refractivity contribution < 1.29 is 9.53 Å². The van der Waals surface area contributed by atoms with Gasteiger partial charge >= 0.3 is 17.3 Å². The monoisotopic (exact) mass is 375 g/mol. The van der Waals surface area contributed by atoms with E-state index < -0.39 is 23.9 Å². The lowest BCUT2D eigenvalue weighted by molar-refractivity contribution is -0.141. The summed E-state index contributed by atoms with van der Waals surface area (Å²) >= 11 is 5.89. The molecule has 2 heterocycles. The highest BCUT2D eigenvalue weighted by molar-refractivity contribution is 6.30. The summed E-state index contributed by atoms with van der Waals surface area (Å²) in [5.74, 6) is -0.683. The fourth-order valence-electron chi connectivity index (χ4n) is 2.32. The summed E-state index contributed by atoms with van der Waals surface area (Å²) in [7, 11) is 1.17. The molecule has 0 radical (unpaired) electrons. The second kappa shape index (κ2) is 7.36. The maximum Gasteiger partial charge on any atom is 0.355 e. The fraction of sp³-hybridized carbons (Fsp3) is 0.188. The first-order chi connectivity index (χ1) is 12.5. The number of benzene rings is 1. The minimum absolute atomic E-state index is 0.0427. The molecular formula is C16H14ClN5O4. The predicted octanol–water partition coefficient (Wildman–Crippen LogP) is 0.465. The Morgan fingerprint density at radius 3 is 2.54 bits per heavy atom. The van der Waals surface area contributed by atoms with Crippen LogP contribution in [0.5, 0.6) is 0 Å². The molecule has 0 aliphatic heterocycles. The Morgan fingerprint density at radius 1 is 1.19 bits per heavy atom. The molecular weight excluding hydrogens is 362 g/mol. The van der Waals surface area contributed by atoms with Crippen LogP contribution in [0, 0.1) is 0 Å². The third kappa shape index (κ3) is 3.57. The summed E-state index contributed by atoms with van der Waals surface area (Å²) < 4.78 is 7.81. The third-order valence-corrected chi connectivity index (χ3v) is 3.86. The summed E-state index contributed by atoms with van der Waals surface area (Å²) in [5.41, 5.74) is -0.802. The van der Waals surface area contributed by atoms with Gasteiger partial charge in [-0.1, -0.05) is 23.7 Å². The molecule has 0 N–H and O–H groups in total. The molecule has 0 aliphatic carbocycles. The minimum atomic E-state index is -0.863. The topological polar surface area (TPSA) is 101 Å². The second-order valence-corrected chi connectivity index (χ2v) is 5.74. The van der Waals surface area contributed by atoms with E-state index in [4.69, 9.17) is 11.6 Å². The van der Waals surface area contributed by atoms with Crippen molar-refractivity contribution in [2.24, 2.45) is 0 Å². The Balaban J connectivity index is 2.16. The van der Waals surface area contributed by atoms with E-state index in [1.54, 1.807) is 36.5 Å². The molecule has 1 aromatic carbocycles. The molecule has 0 aliphatic rings. The zero-order valence-electron chi connectivity index (χ0n) is 13.7. The van der Waals surface area contributed by atoms with Crippen molar-refractivity contribution in [2.45, 2.75) is 13.1 Å². The molecule has 0 saturated carbocycles. The van der Waals surface area contributed by atoms with Crippen LogP contribution in [0.25, 0.3) is 5.95 Å². The van der Waals surface area contributed by atoms with E-state index in [-0.39, 0.29) is 12.5 Å². The Bertz CT molecular complexity index is 1040. The number of ether oxygens (including phenoxy) is 1. The molecule has 3 aromatic rings. The van der Waals surface area contributed by atoms with Gasteiger partial charge in [-0.2, -0.15) is 10.1 Å². The maximum atomic E-state index is 12.8. The quantitative estimate of drug-likeness (QED) is 0.601. The van der Waals surface area contributed by atoms with Gasteiger partial charge in [-0.15, -0.1) is 0 Å². The summed E-state index contributed by atoms with van der Waals surface area (Å²) in [6.45, 7) is -0.416. The van der Waals surface area contributed by atoms with Gasteiger partial charge in [0.25, 0.3) is 0 Å². The fourth-order valence-corrected chi connectivity index (χ4v) is 2.45. The molecule has 134 valence electrons. The van der Waals surface area contributed by atoms with Crippen molar-refractivity contribution in [3.63, 3.8) is 0 Å². The van der Waals surface area contributed by atoms with E-state index in [0.29, 0.717) is 5.02 Å². The van der Waals surface area contributed by atoms with Crippen molar-refractivity contribution in [3.8, 4) is 5.95 Å². The zero-order chi connectivity index (χ0) is 18.7. The molecule has 3 rings (SSSR count). The number of hydrogen-bond donors (Lipinski definition) is 0. The largest absolute Gasteiger partial charge is 0.468 e. The lowest BCUT2D eigenvalue weighted by Crippen LogP contribution is -2.45. The second-order valence-electron chi connectivity index (χ2n) is 5.30. The van der Waals surface area contributed by atoms with Crippen molar-refractivity contribution in [1.82, 2.24) is 23.9 Å². The van der Waals surface area contributed by atoms with E-state index in [1.807, 2.05) is 0 Å². The van der Waals surface area contributed by atoms with Crippen LogP contribution in [0.2, 0.25) is 5.02 Å². The van der Waals surface area contributed by atoms with E-state index in [1.165, 1.54) is 22.6 Å². The lowest BCUT2D eigenvalue weighted by atomic mass is 10.2. The smallest absolute Gasteiger partial charge is 0.355 e. The van der Waals surface area contributed by atoms with E-state index in [2.05, 4.69) is 14.8 Å². The number of halogens is 1. The SMILES string of the molecule is COC(=O)Cn1c(=O)nc(-n2cccn2)n(Cc2ccc(Cl)cc2)c1=O. The van der Waals surface area contributed by atoms with Crippen LogP contribution in [-0.2, 0) is 22.6 Å². The van der Waals surface area contributed by atoms with Crippen LogP contribution >= 0.6 is 11.6 Å². The molecule has 0 bridgehead atoms. The summed E-state index contributed by atoms with van der Waals surface area (Å²) in [6, 6.07) is 8.51. The number of nitrogens with zero attached hydrogens (tertiary/aromatic N) is 5.